The van der Waals surface area contributed by atoms with Gasteiger partial charge < -0.3 is 5.32 Å². The van der Waals surface area contributed by atoms with E-state index in [0.717, 1.165) is 6.42 Å². The molecule has 0 fully saturated rings. The van der Waals surface area contributed by atoms with Crippen LogP contribution in [0, 0.1) is 11.7 Å². The Morgan fingerprint density at radius 1 is 1.28 bits per heavy atom. The highest BCUT2D eigenvalue weighted by Gasteiger charge is 2.32. The van der Waals surface area contributed by atoms with Gasteiger partial charge in [0.15, 0.2) is 0 Å². The molecule has 1 amide bonds. The Hall–Kier alpha value is -2.22. The van der Waals surface area contributed by atoms with Crippen LogP contribution in [0.5, 0.6) is 0 Å². The fourth-order valence-corrected chi connectivity index (χ4v) is 3.92. The van der Waals surface area contributed by atoms with Gasteiger partial charge in [-0.15, -0.1) is 0 Å². The first-order valence-corrected chi connectivity index (χ1v) is 9.50. The third kappa shape index (κ3) is 4.88. The van der Waals surface area contributed by atoms with Gasteiger partial charge >= 0.3 is 0 Å². The van der Waals surface area contributed by atoms with Crippen LogP contribution < -0.4 is 10.0 Å². The predicted molar refractivity (Wildman–Crippen MR) is 95.8 cm³/mol. The Balaban J connectivity index is 2.15. The number of nitrogens with zero attached hydrogens (tertiary/aromatic N) is 1. The number of sulfonamides is 1. The van der Waals surface area contributed by atoms with Crippen molar-refractivity contribution >= 4 is 26.7 Å². The number of hydrogen-bond acceptors (Lipinski definition) is 4. The largest absolute Gasteiger partial charge is 0.354 e. The monoisotopic (exact) mass is 367 g/mol. The summed E-state index contributed by atoms with van der Waals surface area (Å²) in [5, 5.41) is 2.74. The van der Waals surface area contributed by atoms with Crippen LogP contribution in [-0.4, -0.2) is 33.3 Å². The maximum absolute atomic E-state index is 13.1. The van der Waals surface area contributed by atoms with Crippen LogP contribution in [0.2, 0.25) is 0 Å². The predicted octanol–water partition coefficient (Wildman–Crippen LogP) is 2.05. The van der Waals surface area contributed by atoms with Gasteiger partial charge in [-0.1, -0.05) is 26.0 Å². The number of nitrogens with one attached hydrogen (secondary N) is 2. The highest BCUT2D eigenvalue weighted by molar-refractivity contribution is 8.00. The van der Waals surface area contributed by atoms with Gasteiger partial charge in [-0.05, 0) is 37.0 Å². The number of halogens is 1. The summed E-state index contributed by atoms with van der Waals surface area (Å²) in [6.45, 7) is 6.12. The molecule has 0 spiro atoms. The molecular formula is C17H22FN3O3S. The van der Waals surface area contributed by atoms with E-state index in [2.05, 4.69) is 28.9 Å². The van der Waals surface area contributed by atoms with Gasteiger partial charge in [-0.2, -0.15) is 0 Å². The first kappa shape index (κ1) is 19.1. The lowest BCUT2D eigenvalue weighted by atomic mass is 10.1. The Morgan fingerprint density at radius 2 is 1.92 bits per heavy atom. The summed E-state index contributed by atoms with van der Waals surface area (Å²) in [7, 11) is -3.78. The van der Waals surface area contributed by atoms with Crippen LogP contribution in [0.25, 0.3) is 4.91 Å². The third-order valence-corrected chi connectivity index (χ3v) is 5.27. The minimum absolute atomic E-state index is 0.0477. The highest BCUT2D eigenvalue weighted by Crippen LogP contribution is 2.29. The van der Waals surface area contributed by atoms with Crippen molar-refractivity contribution in [3.05, 3.63) is 41.2 Å². The lowest BCUT2D eigenvalue weighted by Gasteiger charge is -2.06. The minimum Gasteiger partial charge on any atom is -0.354 e. The highest BCUT2D eigenvalue weighted by atomic mass is 32.2. The minimum atomic E-state index is -3.78. The maximum atomic E-state index is 13.1. The molecule has 0 unspecified atom stereocenters. The summed E-state index contributed by atoms with van der Waals surface area (Å²) in [5.41, 5.74) is 0.777. The van der Waals surface area contributed by atoms with Crippen LogP contribution in [0.15, 0.2) is 34.8 Å². The molecule has 2 rings (SSSR count). The van der Waals surface area contributed by atoms with Crippen LogP contribution in [-0.2, 0) is 14.8 Å². The molecular weight excluding hydrogens is 345 g/mol. The second kappa shape index (κ2) is 7.77. The number of carbonyl (C=O) groups is 1. The Morgan fingerprint density at radius 3 is 2.52 bits per heavy atom. The molecule has 0 atom stereocenters. The molecule has 1 aliphatic rings. The summed E-state index contributed by atoms with van der Waals surface area (Å²) in [6.07, 6.45) is 0.864. The van der Waals surface area contributed by atoms with Crippen molar-refractivity contribution in [1.82, 2.24) is 10.0 Å². The van der Waals surface area contributed by atoms with Crippen molar-refractivity contribution in [2.75, 3.05) is 13.1 Å². The Labute approximate surface area is 147 Å². The van der Waals surface area contributed by atoms with Gasteiger partial charge in [0, 0.05) is 12.1 Å². The fraction of sp³-hybridized carbons (Fsp3) is 0.412. The van der Waals surface area contributed by atoms with Gasteiger partial charge in [-0.25, -0.2) is 12.8 Å². The van der Waals surface area contributed by atoms with E-state index in [1.54, 1.807) is 6.92 Å². The standard InChI is InChI=1S/C17H22FN3O3S/c1-11(2)8-9-19-15(22)10-20-17-12(3)16(25(23,24)21-17)13-4-6-14(18)7-5-13/h4-7,11H,8-10H2,1-3H3,(H,19,22)(H,20,21). The molecule has 25 heavy (non-hydrogen) atoms. The van der Waals surface area contributed by atoms with E-state index in [1.807, 2.05) is 0 Å². The number of aliphatic imine (C=N–C) groups is 1. The first-order chi connectivity index (χ1) is 11.7. The Bertz CT molecular complexity index is 812. The lowest BCUT2D eigenvalue weighted by Crippen LogP contribution is -2.29. The molecule has 6 nitrogen and oxygen atoms in total. The number of carbonyl (C=O) groups excluding carboxylic acids is 1. The lowest BCUT2D eigenvalue weighted by molar-refractivity contribution is -0.119. The molecule has 0 aliphatic carbocycles. The number of benzene rings is 1. The molecule has 1 aromatic carbocycles. The molecule has 2 N–H and O–H groups in total. The van der Waals surface area contributed by atoms with E-state index in [0.29, 0.717) is 23.6 Å². The molecule has 1 heterocycles. The summed E-state index contributed by atoms with van der Waals surface area (Å²) in [6, 6.07) is 5.19. The average Bonchev–Trinajstić information content (AvgIpc) is 2.75. The summed E-state index contributed by atoms with van der Waals surface area (Å²) >= 11 is 0. The van der Waals surface area contributed by atoms with Crippen LogP contribution in [0.4, 0.5) is 4.39 Å². The molecule has 1 aromatic rings. The molecule has 0 bridgehead atoms. The van der Waals surface area contributed by atoms with Gasteiger partial charge in [-0.3, -0.25) is 14.5 Å². The zero-order chi connectivity index (χ0) is 18.6. The van der Waals surface area contributed by atoms with Crippen molar-refractivity contribution < 1.29 is 17.6 Å². The molecule has 1 aliphatic heterocycles. The van der Waals surface area contributed by atoms with Crippen LogP contribution in [0.3, 0.4) is 0 Å². The third-order valence-electron chi connectivity index (χ3n) is 3.73. The van der Waals surface area contributed by atoms with Gasteiger partial charge in [0.25, 0.3) is 10.0 Å². The second-order valence-corrected chi connectivity index (χ2v) is 7.88. The topological polar surface area (TPSA) is 87.6 Å². The van der Waals surface area contributed by atoms with Crippen LogP contribution >= 0.6 is 0 Å². The number of rotatable bonds is 6. The summed E-state index contributed by atoms with van der Waals surface area (Å²) < 4.78 is 40.0. The zero-order valence-electron chi connectivity index (χ0n) is 14.5. The average molecular weight is 367 g/mol. The zero-order valence-corrected chi connectivity index (χ0v) is 15.3. The van der Waals surface area contributed by atoms with E-state index >= 15 is 0 Å². The van der Waals surface area contributed by atoms with Crippen molar-refractivity contribution in [2.24, 2.45) is 10.9 Å². The second-order valence-electron chi connectivity index (χ2n) is 6.26. The number of hydrogen-bond donors (Lipinski definition) is 2. The molecule has 0 radical (unpaired) electrons. The van der Waals surface area contributed by atoms with Gasteiger partial charge in [0.2, 0.25) is 5.91 Å². The fourth-order valence-electron chi connectivity index (χ4n) is 2.39. The van der Waals surface area contributed by atoms with Crippen molar-refractivity contribution in [2.45, 2.75) is 27.2 Å². The molecule has 8 heteroatoms. The number of amidine groups is 1. The van der Waals surface area contributed by atoms with Crippen LogP contribution in [0.1, 0.15) is 32.8 Å². The smallest absolute Gasteiger partial charge is 0.264 e. The van der Waals surface area contributed by atoms with Crippen molar-refractivity contribution in [1.29, 1.82) is 0 Å². The summed E-state index contributed by atoms with van der Waals surface area (Å²) in [4.78, 5) is 15.9. The molecule has 0 saturated carbocycles. The molecule has 136 valence electrons. The quantitative estimate of drug-likeness (QED) is 0.807. The number of amides is 1. The first-order valence-electron chi connectivity index (χ1n) is 8.02. The van der Waals surface area contributed by atoms with Gasteiger partial charge in [0.1, 0.15) is 23.1 Å². The van der Waals surface area contributed by atoms with E-state index < -0.39 is 15.8 Å². The normalized spacial score (nSPS) is 17.9. The van der Waals surface area contributed by atoms with Crippen molar-refractivity contribution in [3.63, 3.8) is 0 Å². The van der Waals surface area contributed by atoms with E-state index in [9.17, 15) is 17.6 Å². The maximum Gasteiger partial charge on any atom is 0.264 e. The van der Waals surface area contributed by atoms with E-state index in [-0.39, 0.29) is 23.2 Å². The SMILES string of the molecule is CC1=C(c2ccc(F)cc2)S(=O)(=O)NC1=NCC(=O)NCCC(C)C. The summed E-state index contributed by atoms with van der Waals surface area (Å²) in [5.74, 6) is -0.0947. The van der Waals surface area contributed by atoms with Crippen molar-refractivity contribution in [3.8, 4) is 0 Å². The Kier molecular flexibility index (Phi) is 5.94. The van der Waals surface area contributed by atoms with E-state index in [1.165, 1.54) is 24.3 Å². The molecule has 0 aromatic heterocycles. The van der Waals surface area contributed by atoms with E-state index in [4.69, 9.17) is 0 Å². The van der Waals surface area contributed by atoms with Gasteiger partial charge in [0.05, 0.1) is 0 Å². The molecule has 0 saturated heterocycles.